The Morgan fingerprint density at radius 2 is 1.54 bits per heavy atom. The highest BCUT2D eigenvalue weighted by Crippen LogP contribution is 2.33. The maximum Gasteiger partial charge on any atom is 0.264 e. The van der Waals surface area contributed by atoms with E-state index in [1.807, 2.05) is 30.3 Å². The van der Waals surface area contributed by atoms with Crippen molar-refractivity contribution in [3.8, 4) is 0 Å². The number of likely N-dealkylation sites (N-methyl/N-ethyl adjacent to an activating group) is 1. The second-order valence-corrected chi connectivity index (χ2v) is 10.4. The van der Waals surface area contributed by atoms with Crippen LogP contribution in [0.1, 0.15) is 12.5 Å². The van der Waals surface area contributed by atoms with E-state index in [1.54, 1.807) is 25.1 Å². The van der Waals surface area contributed by atoms with Crippen LogP contribution in [0.4, 0.5) is 5.69 Å². The van der Waals surface area contributed by atoms with Crippen molar-refractivity contribution >= 4 is 50.7 Å². The molecule has 0 radical (unpaired) electrons. The topological polar surface area (TPSA) is 86.8 Å². The number of halogens is 2. The van der Waals surface area contributed by atoms with Crippen LogP contribution in [0, 0.1) is 0 Å². The average molecular weight is 534 g/mol. The van der Waals surface area contributed by atoms with Crippen LogP contribution in [0.25, 0.3) is 0 Å². The third kappa shape index (κ3) is 6.33. The largest absolute Gasteiger partial charge is 0.357 e. The van der Waals surface area contributed by atoms with Gasteiger partial charge >= 0.3 is 0 Å². The lowest BCUT2D eigenvalue weighted by Gasteiger charge is -2.32. The quantitative estimate of drug-likeness (QED) is 0.442. The van der Waals surface area contributed by atoms with Gasteiger partial charge in [0.1, 0.15) is 12.6 Å². The lowest BCUT2D eigenvalue weighted by molar-refractivity contribution is -0.139. The highest BCUT2D eigenvalue weighted by atomic mass is 35.5. The highest BCUT2D eigenvalue weighted by Gasteiger charge is 2.33. The van der Waals surface area contributed by atoms with Gasteiger partial charge < -0.3 is 10.2 Å². The maximum absolute atomic E-state index is 13.6. The van der Waals surface area contributed by atoms with E-state index in [0.29, 0.717) is 0 Å². The monoisotopic (exact) mass is 533 g/mol. The predicted octanol–water partition coefficient (Wildman–Crippen LogP) is 4.35. The molecule has 0 aromatic heterocycles. The molecule has 3 aromatic rings. The van der Waals surface area contributed by atoms with Crippen LogP contribution in [-0.4, -0.2) is 44.8 Å². The number of rotatable bonds is 9. The number of hydrogen-bond donors (Lipinski definition) is 1. The molecule has 0 aliphatic heterocycles. The van der Waals surface area contributed by atoms with E-state index >= 15 is 0 Å². The van der Waals surface area contributed by atoms with Gasteiger partial charge in [0.2, 0.25) is 11.8 Å². The number of sulfonamides is 1. The first-order valence-electron chi connectivity index (χ1n) is 10.7. The number of nitrogens with zero attached hydrogens (tertiary/aromatic N) is 2. The summed E-state index contributed by atoms with van der Waals surface area (Å²) in [7, 11) is -2.73. The van der Waals surface area contributed by atoms with Crippen molar-refractivity contribution in [3.63, 3.8) is 0 Å². The van der Waals surface area contributed by atoms with Crippen LogP contribution in [-0.2, 0) is 26.2 Å². The van der Waals surface area contributed by atoms with Crippen molar-refractivity contribution < 1.29 is 18.0 Å². The molecule has 0 saturated heterocycles. The number of hydrogen-bond acceptors (Lipinski definition) is 4. The molecule has 0 bridgehead atoms. The maximum atomic E-state index is 13.6. The first-order chi connectivity index (χ1) is 16.6. The number of amides is 2. The first-order valence-corrected chi connectivity index (χ1v) is 12.9. The van der Waals surface area contributed by atoms with E-state index in [0.717, 1.165) is 9.87 Å². The molecule has 3 rings (SSSR count). The summed E-state index contributed by atoms with van der Waals surface area (Å²) in [5, 5.41) is 2.90. The van der Waals surface area contributed by atoms with Crippen LogP contribution < -0.4 is 9.62 Å². The van der Waals surface area contributed by atoms with Crippen molar-refractivity contribution in [1.82, 2.24) is 10.2 Å². The van der Waals surface area contributed by atoms with Gasteiger partial charge in [-0.15, -0.1) is 0 Å². The second kappa shape index (κ2) is 11.6. The van der Waals surface area contributed by atoms with Gasteiger partial charge in [0, 0.05) is 18.6 Å². The molecule has 1 atom stereocenters. The first kappa shape index (κ1) is 26.5. The van der Waals surface area contributed by atoms with Crippen LogP contribution in [0.15, 0.2) is 83.8 Å². The molecule has 2 amide bonds. The lowest BCUT2D eigenvalue weighted by atomic mass is 10.1. The number of anilines is 1. The minimum atomic E-state index is -4.20. The van der Waals surface area contributed by atoms with Crippen LogP contribution in [0.3, 0.4) is 0 Å². The van der Waals surface area contributed by atoms with Crippen LogP contribution in [0.5, 0.6) is 0 Å². The zero-order valence-corrected chi connectivity index (χ0v) is 21.5. The predicted molar refractivity (Wildman–Crippen MR) is 138 cm³/mol. The number of nitrogens with one attached hydrogen (secondary N) is 1. The van der Waals surface area contributed by atoms with Crippen molar-refractivity contribution in [2.75, 3.05) is 17.9 Å². The third-order valence-electron chi connectivity index (χ3n) is 5.40. The van der Waals surface area contributed by atoms with Gasteiger partial charge in [-0.1, -0.05) is 71.7 Å². The Kier molecular flexibility index (Phi) is 8.77. The molecule has 35 heavy (non-hydrogen) atoms. The fourth-order valence-electron chi connectivity index (χ4n) is 3.48. The zero-order valence-electron chi connectivity index (χ0n) is 19.2. The Hall–Kier alpha value is -3.07. The van der Waals surface area contributed by atoms with E-state index in [9.17, 15) is 18.0 Å². The highest BCUT2D eigenvalue weighted by molar-refractivity contribution is 7.92. The van der Waals surface area contributed by atoms with Gasteiger partial charge in [-0.3, -0.25) is 13.9 Å². The summed E-state index contributed by atoms with van der Waals surface area (Å²) in [6, 6.07) is 20.4. The molecule has 3 aromatic carbocycles. The smallest absolute Gasteiger partial charge is 0.264 e. The fraction of sp³-hybridized carbons (Fsp3) is 0.200. The summed E-state index contributed by atoms with van der Waals surface area (Å²) in [4.78, 5) is 27.4. The van der Waals surface area contributed by atoms with E-state index in [1.165, 1.54) is 42.3 Å². The fourth-order valence-corrected chi connectivity index (χ4v) is 5.36. The van der Waals surface area contributed by atoms with Crippen molar-refractivity contribution in [3.05, 3.63) is 94.5 Å². The van der Waals surface area contributed by atoms with Crippen molar-refractivity contribution in [2.45, 2.75) is 24.4 Å². The molecule has 1 N–H and O–H groups in total. The van der Waals surface area contributed by atoms with Crippen LogP contribution in [0.2, 0.25) is 10.0 Å². The Bertz CT molecular complexity index is 1290. The SMILES string of the molecule is CNC(=O)[C@@H](C)N(Cc1ccccc1)C(=O)CN(c1cc(Cl)ccc1Cl)S(=O)(=O)c1ccccc1. The summed E-state index contributed by atoms with van der Waals surface area (Å²) in [5.41, 5.74) is 0.846. The van der Waals surface area contributed by atoms with E-state index in [-0.39, 0.29) is 33.1 Å². The summed E-state index contributed by atoms with van der Waals surface area (Å²) in [6.45, 7) is 1.10. The number of benzene rings is 3. The summed E-state index contributed by atoms with van der Waals surface area (Å²) >= 11 is 12.5. The van der Waals surface area contributed by atoms with Gasteiger partial charge in [0.05, 0.1) is 15.6 Å². The van der Waals surface area contributed by atoms with Gasteiger partial charge in [0.25, 0.3) is 10.0 Å². The molecule has 7 nitrogen and oxygen atoms in total. The molecule has 184 valence electrons. The van der Waals surface area contributed by atoms with Gasteiger partial charge in [-0.25, -0.2) is 8.42 Å². The Labute approximate surface area is 215 Å². The third-order valence-corrected chi connectivity index (χ3v) is 7.73. The lowest BCUT2D eigenvalue weighted by Crippen LogP contribution is -2.50. The Morgan fingerprint density at radius 1 is 0.943 bits per heavy atom. The molecule has 0 spiro atoms. The van der Waals surface area contributed by atoms with Gasteiger partial charge in [-0.05, 0) is 42.8 Å². The number of carbonyl (C=O) groups is 2. The van der Waals surface area contributed by atoms with E-state index in [4.69, 9.17) is 23.2 Å². The minimum Gasteiger partial charge on any atom is -0.357 e. The van der Waals surface area contributed by atoms with Crippen molar-refractivity contribution in [1.29, 1.82) is 0 Å². The molecule has 0 unspecified atom stereocenters. The van der Waals surface area contributed by atoms with Gasteiger partial charge in [0.15, 0.2) is 0 Å². The van der Waals surface area contributed by atoms with E-state index < -0.39 is 28.5 Å². The molecule has 0 saturated carbocycles. The number of carbonyl (C=O) groups excluding carboxylic acids is 2. The summed E-state index contributed by atoms with van der Waals surface area (Å²) in [5.74, 6) is -0.965. The molecule has 0 heterocycles. The van der Waals surface area contributed by atoms with Gasteiger partial charge in [-0.2, -0.15) is 0 Å². The molecule has 0 fully saturated rings. The Balaban J connectivity index is 2.06. The standard InChI is InChI=1S/C25H25Cl2N3O4S/c1-18(25(32)28-2)29(16-19-9-5-3-6-10-19)24(31)17-30(23-15-20(26)13-14-22(23)27)35(33,34)21-11-7-4-8-12-21/h3-15,18H,16-17H2,1-2H3,(H,28,32)/t18-/m1/s1. The normalized spacial score (nSPS) is 12.0. The molecule has 0 aliphatic carbocycles. The Morgan fingerprint density at radius 3 is 2.14 bits per heavy atom. The molecular weight excluding hydrogens is 509 g/mol. The zero-order chi connectivity index (χ0) is 25.6. The molecule has 10 heteroatoms. The summed E-state index contributed by atoms with van der Waals surface area (Å²) in [6.07, 6.45) is 0. The molecular formula is C25H25Cl2N3O4S. The molecule has 0 aliphatic rings. The summed E-state index contributed by atoms with van der Waals surface area (Å²) < 4.78 is 28.2. The van der Waals surface area contributed by atoms with Crippen LogP contribution >= 0.6 is 23.2 Å². The minimum absolute atomic E-state index is 0.0159. The second-order valence-electron chi connectivity index (χ2n) is 7.72. The average Bonchev–Trinajstić information content (AvgIpc) is 2.87. The van der Waals surface area contributed by atoms with Crippen molar-refractivity contribution in [2.24, 2.45) is 0 Å². The van der Waals surface area contributed by atoms with E-state index in [2.05, 4.69) is 5.32 Å².